The first-order valence-corrected chi connectivity index (χ1v) is 6.00. The fraction of sp³-hybridized carbons (Fsp3) is 0.636. The van der Waals surface area contributed by atoms with E-state index in [4.69, 9.17) is 0 Å². The highest BCUT2D eigenvalue weighted by molar-refractivity contribution is 5.75. The smallest absolute Gasteiger partial charge is 0.307 e. The summed E-state index contributed by atoms with van der Waals surface area (Å²) in [6, 6.07) is 0. The Morgan fingerprint density at radius 3 is 2.72 bits per heavy atom. The van der Waals surface area contributed by atoms with Gasteiger partial charge in [-0.3, -0.25) is 19.6 Å². The van der Waals surface area contributed by atoms with E-state index in [-0.39, 0.29) is 18.1 Å². The molecule has 18 heavy (non-hydrogen) atoms. The van der Waals surface area contributed by atoms with E-state index in [0.717, 1.165) is 19.0 Å². The van der Waals surface area contributed by atoms with Crippen molar-refractivity contribution < 1.29 is 9.72 Å². The van der Waals surface area contributed by atoms with Crippen LogP contribution in [-0.2, 0) is 11.3 Å². The summed E-state index contributed by atoms with van der Waals surface area (Å²) in [5.41, 5.74) is -0.109. The van der Waals surface area contributed by atoms with E-state index in [0.29, 0.717) is 12.5 Å². The van der Waals surface area contributed by atoms with Gasteiger partial charge >= 0.3 is 5.69 Å². The predicted molar refractivity (Wildman–Crippen MR) is 66.0 cm³/mol. The molecule has 0 unspecified atom stereocenters. The van der Waals surface area contributed by atoms with E-state index < -0.39 is 4.92 Å². The van der Waals surface area contributed by atoms with Crippen molar-refractivity contribution in [2.24, 2.45) is 5.92 Å². The molecule has 0 fully saturated rings. The third-order valence-corrected chi connectivity index (χ3v) is 2.88. The Bertz CT molecular complexity index is 412. The lowest BCUT2D eigenvalue weighted by atomic mass is 10.0. The third-order valence-electron chi connectivity index (χ3n) is 2.88. The van der Waals surface area contributed by atoms with Crippen LogP contribution in [0, 0.1) is 16.0 Å². The minimum absolute atomic E-state index is 0.00793. The Morgan fingerprint density at radius 2 is 2.22 bits per heavy atom. The van der Waals surface area contributed by atoms with Crippen LogP contribution in [-0.4, -0.2) is 27.2 Å². The van der Waals surface area contributed by atoms with E-state index in [1.807, 2.05) is 0 Å². The monoisotopic (exact) mass is 254 g/mol. The van der Waals surface area contributed by atoms with Gasteiger partial charge in [-0.1, -0.05) is 26.7 Å². The van der Waals surface area contributed by atoms with Gasteiger partial charge in [0.15, 0.2) is 0 Å². The lowest BCUT2D eigenvalue weighted by molar-refractivity contribution is -0.385. The highest BCUT2D eigenvalue weighted by Crippen LogP contribution is 2.08. The minimum Gasteiger partial charge on any atom is -0.354 e. The van der Waals surface area contributed by atoms with Crippen LogP contribution in [0.3, 0.4) is 0 Å². The molecule has 1 rings (SSSR count). The Kier molecular flexibility index (Phi) is 5.29. The average molecular weight is 254 g/mol. The lowest BCUT2D eigenvalue weighted by Crippen LogP contribution is -2.31. The molecule has 0 spiro atoms. The number of hydrogen-bond acceptors (Lipinski definition) is 4. The second-order valence-electron chi connectivity index (χ2n) is 4.14. The van der Waals surface area contributed by atoms with Gasteiger partial charge in [0.05, 0.1) is 4.92 Å². The lowest BCUT2D eigenvalue weighted by Gasteiger charge is -2.12. The third kappa shape index (κ3) is 4.15. The van der Waals surface area contributed by atoms with Crippen molar-refractivity contribution >= 4 is 11.6 Å². The van der Waals surface area contributed by atoms with Gasteiger partial charge in [0, 0.05) is 6.54 Å². The number of nitrogens with zero attached hydrogens (tertiary/aromatic N) is 3. The molecule has 7 heteroatoms. The van der Waals surface area contributed by atoms with Crippen LogP contribution in [0.25, 0.3) is 0 Å². The first-order valence-electron chi connectivity index (χ1n) is 6.00. The van der Waals surface area contributed by atoms with Gasteiger partial charge in [0.25, 0.3) is 0 Å². The summed E-state index contributed by atoms with van der Waals surface area (Å²) in [6.07, 6.45) is 4.42. The van der Waals surface area contributed by atoms with Gasteiger partial charge in [0.2, 0.25) is 5.91 Å². The summed E-state index contributed by atoms with van der Waals surface area (Å²) in [6.45, 7) is 4.80. The van der Waals surface area contributed by atoms with E-state index in [2.05, 4.69) is 24.3 Å². The molecule has 0 saturated heterocycles. The number of nitrogens with one attached hydrogen (secondary N) is 1. The first kappa shape index (κ1) is 14.1. The van der Waals surface area contributed by atoms with E-state index in [9.17, 15) is 14.9 Å². The Balaban J connectivity index is 2.41. The van der Waals surface area contributed by atoms with Crippen LogP contribution in [0.15, 0.2) is 12.4 Å². The zero-order valence-corrected chi connectivity index (χ0v) is 10.6. The molecule has 1 aromatic rings. The molecule has 0 saturated carbocycles. The van der Waals surface area contributed by atoms with Crippen molar-refractivity contribution in [1.29, 1.82) is 0 Å². The fourth-order valence-electron chi connectivity index (χ4n) is 1.57. The van der Waals surface area contributed by atoms with Crippen molar-refractivity contribution in [3.8, 4) is 0 Å². The highest BCUT2D eigenvalue weighted by atomic mass is 16.6. The summed E-state index contributed by atoms with van der Waals surface area (Å²) < 4.78 is 1.26. The van der Waals surface area contributed by atoms with Gasteiger partial charge < -0.3 is 5.32 Å². The summed E-state index contributed by atoms with van der Waals surface area (Å²) in [5, 5.41) is 17.0. The Morgan fingerprint density at radius 1 is 1.56 bits per heavy atom. The molecule has 0 aliphatic rings. The summed E-state index contributed by atoms with van der Waals surface area (Å²) in [7, 11) is 0. The van der Waals surface area contributed by atoms with Gasteiger partial charge in [-0.15, -0.1) is 0 Å². The number of carbonyl (C=O) groups is 1. The molecular weight excluding hydrogens is 236 g/mol. The Labute approximate surface area is 105 Å². The van der Waals surface area contributed by atoms with Crippen molar-refractivity contribution in [3.05, 3.63) is 22.5 Å². The van der Waals surface area contributed by atoms with Crippen LogP contribution in [0.4, 0.5) is 5.69 Å². The van der Waals surface area contributed by atoms with Gasteiger partial charge in [-0.25, -0.2) is 0 Å². The number of amides is 1. The quantitative estimate of drug-likeness (QED) is 0.587. The number of rotatable bonds is 7. The van der Waals surface area contributed by atoms with E-state index >= 15 is 0 Å². The normalized spacial score (nSPS) is 10.6. The molecule has 1 heterocycles. The number of hydrogen-bond donors (Lipinski definition) is 1. The van der Waals surface area contributed by atoms with Crippen LogP contribution < -0.4 is 5.32 Å². The molecule has 1 amide bonds. The van der Waals surface area contributed by atoms with Crippen LogP contribution in [0.2, 0.25) is 0 Å². The second-order valence-corrected chi connectivity index (χ2v) is 4.14. The van der Waals surface area contributed by atoms with Crippen LogP contribution >= 0.6 is 0 Å². The summed E-state index contributed by atoms with van der Waals surface area (Å²) in [4.78, 5) is 21.5. The maximum atomic E-state index is 11.6. The fourth-order valence-corrected chi connectivity index (χ4v) is 1.57. The Hall–Kier alpha value is -1.92. The molecule has 0 radical (unpaired) electrons. The minimum atomic E-state index is -0.536. The number of carbonyl (C=O) groups excluding carboxylic acids is 1. The van der Waals surface area contributed by atoms with Crippen molar-refractivity contribution in [2.45, 2.75) is 33.2 Å². The van der Waals surface area contributed by atoms with Crippen LogP contribution in [0.1, 0.15) is 26.7 Å². The largest absolute Gasteiger partial charge is 0.354 e. The highest BCUT2D eigenvalue weighted by Gasteiger charge is 2.11. The maximum Gasteiger partial charge on any atom is 0.307 e. The average Bonchev–Trinajstić information content (AvgIpc) is 2.79. The molecule has 0 bridgehead atoms. The molecule has 1 N–H and O–H groups in total. The molecule has 0 aromatic carbocycles. The zero-order chi connectivity index (χ0) is 13.5. The molecular formula is C11H18N4O3. The van der Waals surface area contributed by atoms with Gasteiger partial charge in [-0.2, -0.15) is 5.10 Å². The maximum absolute atomic E-state index is 11.6. The molecule has 7 nitrogen and oxygen atoms in total. The van der Waals surface area contributed by atoms with Gasteiger partial charge in [-0.05, 0) is 5.92 Å². The van der Waals surface area contributed by atoms with Crippen LogP contribution in [0.5, 0.6) is 0 Å². The topological polar surface area (TPSA) is 90.1 Å². The summed E-state index contributed by atoms with van der Waals surface area (Å²) in [5.74, 6) is 0.292. The standard InChI is InChI=1S/C11H18N4O3/c1-3-9(4-2)5-12-11(16)8-14-7-10(6-13-14)15(17)18/h6-7,9H,3-5,8H2,1-2H3,(H,12,16). The van der Waals surface area contributed by atoms with Crippen molar-refractivity contribution in [1.82, 2.24) is 15.1 Å². The molecule has 100 valence electrons. The summed E-state index contributed by atoms with van der Waals surface area (Å²) >= 11 is 0. The second kappa shape index (κ2) is 6.73. The first-order chi connectivity index (χ1) is 8.56. The SMILES string of the molecule is CCC(CC)CNC(=O)Cn1cc([N+](=O)[O-])cn1. The molecule has 1 aromatic heterocycles. The molecule has 0 aliphatic carbocycles. The van der Waals surface area contributed by atoms with Gasteiger partial charge in [0.1, 0.15) is 18.9 Å². The predicted octanol–water partition coefficient (Wildman–Crippen LogP) is 1.34. The molecule has 0 atom stereocenters. The van der Waals surface area contributed by atoms with Crippen molar-refractivity contribution in [2.75, 3.05) is 6.54 Å². The van der Waals surface area contributed by atoms with E-state index in [1.54, 1.807) is 0 Å². The molecule has 0 aliphatic heterocycles. The van der Waals surface area contributed by atoms with Crippen molar-refractivity contribution in [3.63, 3.8) is 0 Å². The number of aromatic nitrogens is 2. The van der Waals surface area contributed by atoms with E-state index in [1.165, 1.54) is 10.9 Å². The zero-order valence-electron chi connectivity index (χ0n) is 10.6. The number of nitro groups is 1.